The Kier molecular flexibility index (Phi) is 54.7. The van der Waals surface area contributed by atoms with Crippen molar-refractivity contribution < 1.29 is 37.6 Å². The lowest BCUT2D eigenvalue weighted by molar-refractivity contribution is -0.161. The van der Waals surface area contributed by atoms with E-state index in [1.165, 1.54) is 180 Å². The first-order chi connectivity index (χ1) is 34.8. The molecule has 0 rings (SSSR count). The van der Waals surface area contributed by atoms with Crippen LogP contribution in [0.2, 0.25) is 0 Å². The standard InChI is InChI=1S/C61H110NO8P/c1-3-5-7-9-11-13-15-17-19-21-22-23-24-25-26-27-28-29-30-31-32-33-34-35-36-38-39-41-43-45-47-49-51-53-60(63)67-57-59(58-69-71(65,66)68-56-55-62)70-61(64)54-52-50-48-46-44-42-40-37-20-18-16-14-12-10-8-6-4-2/h6,8,12,14,18,20-22,40,42,46,48,59H,3-5,7,9-11,13,15-17,19,23-39,41,43-45,47,49-58,62H2,1-2H3,(H,65,66)/b8-6-,14-12-,20-18-,22-21-,42-40-,48-46-. The predicted molar refractivity (Wildman–Crippen MR) is 302 cm³/mol. The second-order valence-electron chi connectivity index (χ2n) is 19.5. The molecule has 0 saturated carbocycles. The van der Waals surface area contributed by atoms with Gasteiger partial charge in [-0.1, -0.05) is 254 Å². The molecular formula is C61H110NO8P. The largest absolute Gasteiger partial charge is 0.472 e. The molecular weight excluding hydrogens is 906 g/mol. The van der Waals surface area contributed by atoms with Crippen molar-refractivity contribution in [1.29, 1.82) is 0 Å². The van der Waals surface area contributed by atoms with Crippen LogP contribution in [0, 0.1) is 0 Å². The third kappa shape index (κ3) is 56.6. The number of allylic oxidation sites excluding steroid dienone is 12. The first-order valence-electron chi connectivity index (χ1n) is 29.4. The Hall–Kier alpha value is -2.55. The molecule has 0 saturated heterocycles. The minimum atomic E-state index is -4.40. The van der Waals surface area contributed by atoms with Crippen molar-refractivity contribution in [3.8, 4) is 0 Å². The van der Waals surface area contributed by atoms with Crippen LogP contribution in [0.3, 0.4) is 0 Å². The zero-order valence-corrected chi connectivity index (χ0v) is 46.8. The van der Waals surface area contributed by atoms with Crippen LogP contribution in [0.25, 0.3) is 0 Å². The highest BCUT2D eigenvalue weighted by molar-refractivity contribution is 7.47. The fraction of sp³-hybridized carbons (Fsp3) is 0.770. The summed E-state index contributed by atoms with van der Waals surface area (Å²) in [5.41, 5.74) is 5.37. The molecule has 0 heterocycles. The maximum Gasteiger partial charge on any atom is 0.472 e. The normalized spacial score (nSPS) is 13.6. The van der Waals surface area contributed by atoms with Gasteiger partial charge in [-0.25, -0.2) is 4.57 Å². The fourth-order valence-electron chi connectivity index (χ4n) is 8.26. The summed E-state index contributed by atoms with van der Waals surface area (Å²) in [4.78, 5) is 35.1. The molecule has 0 bridgehead atoms. The van der Waals surface area contributed by atoms with Crippen LogP contribution in [0.5, 0.6) is 0 Å². The van der Waals surface area contributed by atoms with E-state index in [0.717, 1.165) is 51.4 Å². The van der Waals surface area contributed by atoms with E-state index in [1.54, 1.807) is 0 Å². The van der Waals surface area contributed by atoms with Gasteiger partial charge in [-0.2, -0.15) is 0 Å². The van der Waals surface area contributed by atoms with Crippen LogP contribution in [0.4, 0.5) is 0 Å². The molecule has 0 amide bonds. The van der Waals surface area contributed by atoms with Gasteiger partial charge in [-0.15, -0.1) is 0 Å². The molecule has 0 spiro atoms. The number of carbonyl (C=O) groups is 2. The van der Waals surface area contributed by atoms with Gasteiger partial charge in [0.1, 0.15) is 6.61 Å². The average Bonchev–Trinajstić information content (AvgIpc) is 3.36. The molecule has 2 atom stereocenters. The molecule has 0 aliphatic rings. The van der Waals surface area contributed by atoms with E-state index in [4.69, 9.17) is 24.3 Å². The van der Waals surface area contributed by atoms with Crippen LogP contribution < -0.4 is 5.73 Å². The number of unbranched alkanes of at least 4 members (excludes halogenated alkanes) is 30. The van der Waals surface area contributed by atoms with Crippen LogP contribution in [0.1, 0.15) is 271 Å². The van der Waals surface area contributed by atoms with Crippen molar-refractivity contribution in [2.75, 3.05) is 26.4 Å². The Labute approximate surface area is 437 Å². The Morgan fingerprint density at radius 1 is 0.437 bits per heavy atom. The van der Waals surface area contributed by atoms with E-state index < -0.39 is 32.5 Å². The van der Waals surface area contributed by atoms with Gasteiger partial charge in [0, 0.05) is 19.4 Å². The Morgan fingerprint density at radius 2 is 0.789 bits per heavy atom. The monoisotopic (exact) mass is 1020 g/mol. The summed E-state index contributed by atoms with van der Waals surface area (Å²) in [5.74, 6) is -0.891. The highest BCUT2D eigenvalue weighted by Gasteiger charge is 2.26. The van der Waals surface area contributed by atoms with Gasteiger partial charge in [0.05, 0.1) is 13.2 Å². The van der Waals surface area contributed by atoms with Crippen molar-refractivity contribution in [2.24, 2.45) is 5.73 Å². The van der Waals surface area contributed by atoms with Gasteiger partial charge in [-0.05, 0) is 77.0 Å². The zero-order chi connectivity index (χ0) is 51.7. The van der Waals surface area contributed by atoms with Gasteiger partial charge in [0.25, 0.3) is 0 Å². The third-order valence-electron chi connectivity index (χ3n) is 12.6. The number of phosphoric ester groups is 1. The molecule has 10 heteroatoms. The SMILES string of the molecule is CC/C=C\C/C=C\C/C=C\C/C=C\C/C=C\CCCC(=O)OC(COC(=O)CCCCCCCCCCCCCCCCCCCCCCC/C=C\CCCCCCCCCC)COP(=O)(O)OCCN. The first kappa shape index (κ1) is 68.5. The van der Waals surface area contributed by atoms with Crippen LogP contribution in [-0.2, 0) is 32.7 Å². The number of hydrogen-bond acceptors (Lipinski definition) is 8. The topological polar surface area (TPSA) is 134 Å². The lowest BCUT2D eigenvalue weighted by Crippen LogP contribution is -2.29. The highest BCUT2D eigenvalue weighted by atomic mass is 31.2. The molecule has 71 heavy (non-hydrogen) atoms. The van der Waals surface area contributed by atoms with Crippen LogP contribution in [0.15, 0.2) is 72.9 Å². The van der Waals surface area contributed by atoms with E-state index in [-0.39, 0.29) is 32.6 Å². The minimum Gasteiger partial charge on any atom is -0.462 e. The quantitative estimate of drug-likeness (QED) is 0.0264. The molecule has 0 aromatic carbocycles. The summed E-state index contributed by atoms with van der Waals surface area (Å²) in [6.07, 6.45) is 72.8. The Balaban J connectivity index is 3.90. The van der Waals surface area contributed by atoms with Gasteiger partial charge < -0.3 is 20.1 Å². The molecule has 0 aliphatic heterocycles. The van der Waals surface area contributed by atoms with E-state index in [1.807, 2.05) is 6.08 Å². The molecule has 3 N–H and O–H groups in total. The van der Waals surface area contributed by atoms with Gasteiger partial charge in [0.2, 0.25) is 0 Å². The smallest absolute Gasteiger partial charge is 0.462 e. The number of phosphoric acid groups is 1. The van der Waals surface area contributed by atoms with Crippen LogP contribution >= 0.6 is 7.82 Å². The van der Waals surface area contributed by atoms with Crippen molar-refractivity contribution >= 4 is 19.8 Å². The molecule has 9 nitrogen and oxygen atoms in total. The first-order valence-corrected chi connectivity index (χ1v) is 30.9. The molecule has 2 unspecified atom stereocenters. The average molecular weight is 1020 g/mol. The van der Waals surface area contributed by atoms with Crippen molar-refractivity contribution in [2.45, 2.75) is 277 Å². The van der Waals surface area contributed by atoms with Crippen molar-refractivity contribution in [3.63, 3.8) is 0 Å². The minimum absolute atomic E-state index is 0.0424. The van der Waals surface area contributed by atoms with Gasteiger partial charge >= 0.3 is 19.8 Å². The zero-order valence-electron chi connectivity index (χ0n) is 45.9. The van der Waals surface area contributed by atoms with Crippen LogP contribution in [-0.4, -0.2) is 49.3 Å². The lowest BCUT2D eigenvalue weighted by atomic mass is 10.0. The molecule has 0 aromatic heterocycles. The molecule has 0 radical (unpaired) electrons. The number of carbonyl (C=O) groups excluding carboxylic acids is 2. The number of hydrogen-bond donors (Lipinski definition) is 2. The van der Waals surface area contributed by atoms with E-state index >= 15 is 0 Å². The van der Waals surface area contributed by atoms with Gasteiger partial charge in [0.15, 0.2) is 6.10 Å². The summed E-state index contributed by atoms with van der Waals surface area (Å²) in [6.45, 7) is 3.58. The number of ether oxygens (including phenoxy) is 2. The van der Waals surface area contributed by atoms with Gasteiger partial charge in [-0.3, -0.25) is 18.6 Å². The summed E-state index contributed by atoms with van der Waals surface area (Å²) < 4.78 is 32.9. The number of esters is 2. The molecule has 0 aromatic rings. The predicted octanol–water partition coefficient (Wildman–Crippen LogP) is 18.5. The summed E-state index contributed by atoms with van der Waals surface area (Å²) in [7, 11) is -4.40. The Bertz CT molecular complexity index is 1390. The summed E-state index contributed by atoms with van der Waals surface area (Å²) in [6, 6.07) is 0. The third-order valence-corrected chi connectivity index (χ3v) is 13.6. The molecule has 0 aliphatic carbocycles. The van der Waals surface area contributed by atoms with E-state index in [9.17, 15) is 19.0 Å². The van der Waals surface area contributed by atoms with E-state index in [0.29, 0.717) is 12.8 Å². The highest BCUT2D eigenvalue weighted by Crippen LogP contribution is 2.43. The second kappa shape index (κ2) is 56.7. The summed E-state index contributed by atoms with van der Waals surface area (Å²) >= 11 is 0. The summed E-state index contributed by atoms with van der Waals surface area (Å²) in [5, 5.41) is 0. The Morgan fingerprint density at radius 3 is 1.21 bits per heavy atom. The molecule has 412 valence electrons. The van der Waals surface area contributed by atoms with E-state index in [2.05, 4.69) is 80.7 Å². The fourth-order valence-corrected chi connectivity index (χ4v) is 9.02. The number of nitrogens with two attached hydrogens (primary N) is 1. The lowest BCUT2D eigenvalue weighted by Gasteiger charge is -2.19. The number of rotatable bonds is 55. The van der Waals surface area contributed by atoms with Crippen molar-refractivity contribution in [3.05, 3.63) is 72.9 Å². The second-order valence-corrected chi connectivity index (χ2v) is 20.9. The van der Waals surface area contributed by atoms with Crippen molar-refractivity contribution in [1.82, 2.24) is 0 Å². The maximum absolute atomic E-state index is 12.6. The molecule has 0 fully saturated rings. The maximum atomic E-state index is 12.6.